The van der Waals surface area contributed by atoms with Gasteiger partial charge in [0.1, 0.15) is 0 Å². The second-order valence-corrected chi connectivity index (χ2v) is 5.42. The molecule has 1 unspecified atom stereocenters. The van der Waals surface area contributed by atoms with E-state index >= 15 is 0 Å². The minimum atomic E-state index is 0.589. The Kier molecular flexibility index (Phi) is 6.74. The van der Waals surface area contributed by atoms with Gasteiger partial charge in [0.15, 0.2) is 0 Å². The molecule has 1 atom stereocenters. The van der Waals surface area contributed by atoms with E-state index < -0.39 is 0 Å². The predicted molar refractivity (Wildman–Crippen MR) is 74.2 cm³/mol. The van der Waals surface area contributed by atoms with Gasteiger partial charge in [-0.3, -0.25) is 0 Å². The molecule has 1 nitrogen and oxygen atoms in total. The van der Waals surface area contributed by atoms with E-state index in [1.807, 2.05) is 11.3 Å². The lowest BCUT2D eigenvalue weighted by atomic mass is 10.0. The maximum absolute atomic E-state index is 3.68. The number of nitrogens with one attached hydrogen (secondary N) is 1. The number of unbranched alkanes of at least 4 members (excludes halogenated alkanes) is 2. The van der Waals surface area contributed by atoms with Crippen LogP contribution in [0, 0.1) is 6.92 Å². The van der Waals surface area contributed by atoms with Crippen molar-refractivity contribution >= 4 is 11.3 Å². The van der Waals surface area contributed by atoms with Crippen LogP contribution in [-0.4, -0.2) is 6.54 Å². The van der Waals surface area contributed by atoms with Gasteiger partial charge in [-0.2, -0.15) is 0 Å². The SMILES string of the molecule is CCCCCC(NCCC)c1sccc1C. The van der Waals surface area contributed by atoms with Crippen LogP contribution in [0.3, 0.4) is 0 Å². The molecule has 1 heterocycles. The summed E-state index contributed by atoms with van der Waals surface area (Å²) in [7, 11) is 0. The van der Waals surface area contributed by atoms with Gasteiger partial charge in [-0.1, -0.05) is 33.1 Å². The van der Waals surface area contributed by atoms with Gasteiger partial charge in [0.2, 0.25) is 0 Å². The van der Waals surface area contributed by atoms with Crippen molar-refractivity contribution in [2.45, 2.75) is 58.9 Å². The van der Waals surface area contributed by atoms with E-state index in [-0.39, 0.29) is 0 Å². The van der Waals surface area contributed by atoms with Crippen LogP contribution in [0.5, 0.6) is 0 Å². The maximum Gasteiger partial charge on any atom is 0.0417 e. The van der Waals surface area contributed by atoms with Crippen molar-refractivity contribution in [3.05, 3.63) is 21.9 Å². The van der Waals surface area contributed by atoms with Crippen LogP contribution >= 0.6 is 11.3 Å². The lowest BCUT2D eigenvalue weighted by Gasteiger charge is -2.18. The lowest BCUT2D eigenvalue weighted by molar-refractivity contribution is 0.479. The molecule has 0 saturated heterocycles. The first kappa shape index (κ1) is 13.7. The van der Waals surface area contributed by atoms with Crippen molar-refractivity contribution < 1.29 is 0 Å². The molecule has 0 saturated carbocycles. The van der Waals surface area contributed by atoms with Gasteiger partial charge in [-0.05, 0) is 43.3 Å². The van der Waals surface area contributed by atoms with Crippen LogP contribution in [0.15, 0.2) is 11.4 Å². The van der Waals surface area contributed by atoms with Gasteiger partial charge in [-0.15, -0.1) is 11.3 Å². The van der Waals surface area contributed by atoms with E-state index in [2.05, 4.69) is 37.5 Å². The predicted octanol–water partition coefficient (Wildman–Crippen LogP) is 4.68. The van der Waals surface area contributed by atoms with Crippen LogP contribution < -0.4 is 5.32 Å². The molecule has 0 aliphatic carbocycles. The van der Waals surface area contributed by atoms with Crippen LogP contribution in [0.2, 0.25) is 0 Å². The Balaban J connectivity index is 2.53. The molecule has 0 amide bonds. The third-order valence-electron chi connectivity index (χ3n) is 2.96. The molecule has 0 aromatic carbocycles. The van der Waals surface area contributed by atoms with E-state index in [0.717, 1.165) is 6.54 Å². The van der Waals surface area contributed by atoms with E-state index in [4.69, 9.17) is 0 Å². The molecule has 16 heavy (non-hydrogen) atoms. The fourth-order valence-electron chi connectivity index (χ4n) is 1.98. The topological polar surface area (TPSA) is 12.0 Å². The fourth-order valence-corrected chi connectivity index (χ4v) is 3.02. The van der Waals surface area contributed by atoms with Gasteiger partial charge in [-0.25, -0.2) is 0 Å². The van der Waals surface area contributed by atoms with Crippen molar-refractivity contribution in [2.75, 3.05) is 6.54 Å². The Hall–Kier alpha value is -0.340. The second kappa shape index (κ2) is 7.86. The van der Waals surface area contributed by atoms with Gasteiger partial charge in [0.05, 0.1) is 0 Å². The molecule has 1 N–H and O–H groups in total. The van der Waals surface area contributed by atoms with Gasteiger partial charge in [0.25, 0.3) is 0 Å². The molecule has 0 spiro atoms. The molecule has 0 bridgehead atoms. The smallest absolute Gasteiger partial charge is 0.0417 e. The summed E-state index contributed by atoms with van der Waals surface area (Å²) in [5.41, 5.74) is 1.45. The van der Waals surface area contributed by atoms with Crippen molar-refractivity contribution in [3.8, 4) is 0 Å². The molecule has 1 rings (SSSR count). The van der Waals surface area contributed by atoms with Crippen molar-refractivity contribution in [3.63, 3.8) is 0 Å². The van der Waals surface area contributed by atoms with E-state index in [0.29, 0.717) is 6.04 Å². The summed E-state index contributed by atoms with van der Waals surface area (Å²) in [5, 5.41) is 5.90. The van der Waals surface area contributed by atoms with Gasteiger partial charge < -0.3 is 5.32 Å². The minimum absolute atomic E-state index is 0.589. The lowest BCUT2D eigenvalue weighted by Crippen LogP contribution is -2.21. The van der Waals surface area contributed by atoms with E-state index in [1.165, 1.54) is 37.7 Å². The monoisotopic (exact) mass is 239 g/mol. The van der Waals surface area contributed by atoms with E-state index in [1.54, 1.807) is 4.88 Å². The highest BCUT2D eigenvalue weighted by Gasteiger charge is 2.13. The van der Waals surface area contributed by atoms with Crippen LogP contribution in [-0.2, 0) is 0 Å². The molecule has 1 aromatic rings. The summed E-state index contributed by atoms with van der Waals surface area (Å²) in [4.78, 5) is 1.55. The number of rotatable bonds is 8. The number of thiophene rings is 1. The highest BCUT2D eigenvalue weighted by molar-refractivity contribution is 7.10. The van der Waals surface area contributed by atoms with E-state index in [9.17, 15) is 0 Å². The normalized spacial score (nSPS) is 12.9. The van der Waals surface area contributed by atoms with Crippen LogP contribution in [0.25, 0.3) is 0 Å². The van der Waals surface area contributed by atoms with Gasteiger partial charge in [0, 0.05) is 10.9 Å². The Morgan fingerprint density at radius 2 is 2.06 bits per heavy atom. The zero-order valence-corrected chi connectivity index (χ0v) is 11.7. The quantitative estimate of drug-likeness (QED) is 0.650. The summed E-state index contributed by atoms with van der Waals surface area (Å²) < 4.78 is 0. The molecule has 0 radical (unpaired) electrons. The molecule has 2 heteroatoms. The van der Waals surface area contributed by atoms with Gasteiger partial charge >= 0.3 is 0 Å². The van der Waals surface area contributed by atoms with Crippen molar-refractivity contribution in [1.29, 1.82) is 0 Å². The largest absolute Gasteiger partial charge is 0.309 e. The highest BCUT2D eigenvalue weighted by Crippen LogP contribution is 2.27. The minimum Gasteiger partial charge on any atom is -0.309 e. The first-order valence-corrected chi connectivity index (χ1v) is 7.44. The van der Waals surface area contributed by atoms with Crippen LogP contribution in [0.4, 0.5) is 0 Å². The molecule has 92 valence electrons. The molecule has 1 aromatic heterocycles. The Morgan fingerprint density at radius 3 is 2.62 bits per heavy atom. The third kappa shape index (κ3) is 4.26. The highest BCUT2D eigenvalue weighted by atomic mass is 32.1. The van der Waals surface area contributed by atoms with Crippen LogP contribution in [0.1, 0.15) is 62.4 Å². The summed E-state index contributed by atoms with van der Waals surface area (Å²) in [6.45, 7) is 7.86. The summed E-state index contributed by atoms with van der Waals surface area (Å²) in [5.74, 6) is 0. The zero-order valence-electron chi connectivity index (χ0n) is 10.9. The number of hydrogen-bond acceptors (Lipinski definition) is 2. The second-order valence-electron chi connectivity index (χ2n) is 4.47. The molecular weight excluding hydrogens is 214 g/mol. The summed E-state index contributed by atoms with van der Waals surface area (Å²) in [6.07, 6.45) is 6.51. The summed E-state index contributed by atoms with van der Waals surface area (Å²) in [6, 6.07) is 2.83. The zero-order chi connectivity index (χ0) is 11.8. The van der Waals surface area contributed by atoms with Crippen molar-refractivity contribution in [2.24, 2.45) is 0 Å². The van der Waals surface area contributed by atoms with Crippen molar-refractivity contribution in [1.82, 2.24) is 5.32 Å². The summed E-state index contributed by atoms with van der Waals surface area (Å²) >= 11 is 1.90. The third-order valence-corrected chi connectivity index (χ3v) is 4.09. The first-order valence-electron chi connectivity index (χ1n) is 6.57. The number of hydrogen-bond donors (Lipinski definition) is 1. The molecule has 0 aliphatic heterocycles. The maximum atomic E-state index is 3.68. The fraction of sp³-hybridized carbons (Fsp3) is 0.714. The molecular formula is C14H25NS. The molecule has 0 aliphatic rings. The molecule has 0 fully saturated rings. The Labute approximate surface area is 104 Å². The average molecular weight is 239 g/mol. The average Bonchev–Trinajstić information content (AvgIpc) is 2.70. The number of aryl methyl sites for hydroxylation is 1. The Morgan fingerprint density at radius 1 is 1.25 bits per heavy atom. The Bertz CT molecular complexity index is 280. The standard InChI is InChI=1S/C14H25NS/c1-4-6-7-8-13(15-10-5-2)14-12(3)9-11-16-14/h9,11,13,15H,4-8,10H2,1-3H3. The first-order chi connectivity index (χ1) is 7.79.